The summed E-state index contributed by atoms with van der Waals surface area (Å²) in [5, 5.41) is 19.2. The molecule has 2 aromatic rings. The predicted molar refractivity (Wildman–Crippen MR) is 89.9 cm³/mol. The fourth-order valence-electron chi connectivity index (χ4n) is 2.15. The molecule has 0 aromatic heterocycles. The Morgan fingerprint density at radius 2 is 1.05 bits per heavy atom. The van der Waals surface area contributed by atoms with E-state index in [1.165, 1.54) is 0 Å². The highest BCUT2D eigenvalue weighted by molar-refractivity contribution is 9.10. The summed E-state index contributed by atoms with van der Waals surface area (Å²) in [6.45, 7) is 0. The molecule has 0 aliphatic rings. The van der Waals surface area contributed by atoms with Gasteiger partial charge in [0.2, 0.25) is 0 Å². The Bertz CT molecular complexity index is 627. The number of nitrogens with zero attached hydrogens (tertiary/aromatic N) is 2. The normalized spacial score (nSPS) is 16.0. The quantitative estimate of drug-likeness (QED) is 0.674. The third kappa shape index (κ3) is 3.35. The molecule has 2 rings (SSSR count). The minimum absolute atomic E-state index is 0.293. The average molecular weight is 404 g/mol. The molecule has 2 nitrogen and oxygen atoms in total. The molecule has 0 saturated heterocycles. The zero-order chi connectivity index (χ0) is 15.3. The van der Waals surface area contributed by atoms with E-state index in [2.05, 4.69) is 44.0 Å². The van der Waals surface area contributed by atoms with E-state index in [1.54, 1.807) is 0 Å². The van der Waals surface area contributed by atoms with Crippen LogP contribution in [0.5, 0.6) is 0 Å². The summed E-state index contributed by atoms with van der Waals surface area (Å²) >= 11 is 7.05. The summed E-state index contributed by atoms with van der Waals surface area (Å²) in [6.07, 6.45) is 0.293. The number of benzene rings is 2. The molecule has 2 atom stereocenters. The first-order valence-corrected chi connectivity index (χ1v) is 7.94. The topological polar surface area (TPSA) is 47.6 Å². The van der Waals surface area contributed by atoms with Crippen LogP contribution in [0, 0.1) is 22.7 Å². The Labute approximate surface area is 141 Å². The highest BCUT2D eigenvalue weighted by atomic mass is 79.9. The number of hydrogen-bond donors (Lipinski definition) is 0. The summed E-state index contributed by atoms with van der Waals surface area (Å²) in [7, 11) is 0. The van der Waals surface area contributed by atoms with Gasteiger partial charge in [-0.2, -0.15) is 10.5 Å². The molecule has 0 radical (unpaired) electrons. The number of halogens is 2. The molecule has 0 spiro atoms. The Balaban J connectivity index is 2.42. The van der Waals surface area contributed by atoms with Gasteiger partial charge < -0.3 is 0 Å². The first-order chi connectivity index (χ1) is 10.0. The molecule has 2 aromatic carbocycles. The molecule has 0 aliphatic heterocycles. The zero-order valence-electron chi connectivity index (χ0n) is 11.1. The van der Waals surface area contributed by atoms with Gasteiger partial charge in [0, 0.05) is 6.42 Å². The SMILES string of the molecule is N#CC(Br)(CC(Br)(C#N)c1ccccc1)c1ccccc1. The van der Waals surface area contributed by atoms with Crippen molar-refractivity contribution in [3.8, 4) is 12.1 Å². The molecule has 0 heterocycles. The molecule has 0 fully saturated rings. The van der Waals surface area contributed by atoms with Crippen molar-refractivity contribution in [3.05, 3.63) is 71.8 Å². The van der Waals surface area contributed by atoms with Crippen LogP contribution in [-0.2, 0) is 8.65 Å². The lowest BCUT2D eigenvalue weighted by Gasteiger charge is -2.28. The first-order valence-electron chi connectivity index (χ1n) is 6.35. The fourth-order valence-corrected chi connectivity index (χ4v) is 3.90. The third-order valence-electron chi connectivity index (χ3n) is 3.30. The lowest BCUT2D eigenvalue weighted by molar-refractivity contribution is 0.626. The van der Waals surface area contributed by atoms with Crippen molar-refractivity contribution in [2.45, 2.75) is 15.1 Å². The number of alkyl halides is 2. The van der Waals surface area contributed by atoms with E-state index in [9.17, 15) is 10.5 Å². The molecule has 0 aliphatic carbocycles. The van der Waals surface area contributed by atoms with Crippen LogP contribution < -0.4 is 0 Å². The zero-order valence-corrected chi connectivity index (χ0v) is 14.3. The van der Waals surface area contributed by atoms with Crippen LogP contribution >= 0.6 is 31.9 Å². The van der Waals surface area contributed by atoms with Gasteiger partial charge >= 0.3 is 0 Å². The molecule has 0 bridgehead atoms. The van der Waals surface area contributed by atoms with Crippen molar-refractivity contribution < 1.29 is 0 Å². The van der Waals surface area contributed by atoms with Crippen LogP contribution in [0.15, 0.2) is 60.7 Å². The van der Waals surface area contributed by atoms with E-state index in [-0.39, 0.29) is 0 Å². The maximum Gasteiger partial charge on any atom is 0.139 e. The standard InChI is InChI=1S/C17H12Br2N2/c18-16(12-20,14-7-3-1-4-8-14)11-17(19,13-21)15-9-5-2-6-10-15/h1-10H,11H2. The Hall–Kier alpha value is -1.62. The molecule has 104 valence electrons. The molecule has 0 N–H and O–H groups in total. The van der Waals surface area contributed by atoms with Crippen molar-refractivity contribution >= 4 is 31.9 Å². The highest BCUT2D eigenvalue weighted by Crippen LogP contribution is 2.46. The van der Waals surface area contributed by atoms with Crippen LogP contribution in [0.4, 0.5) is 0 Å². The molecule has 4 heteroatoms. The lowest BCUT2D eigenvalue weighted by Crippen LogP contribution is -2.27. The van der Waals surface area contributed by atoms with Crippen LogP contribution in [0.1, 0.15) is 17.5 Å². The van der Waals surface area contributed by atoms with Gasteiger partial charge in [-0.3, -0.25) is 0 Å². The molecule has 21 heavy (non-hydrogen) atoms. The van der Waals surface area contributed by atoms with Crippen LogP contribution in [0.3, 0.4) is 0 Å². The van der Waals surface area contributed by atoms with Crippen LogP contribution in [0.2, 0.25) is 0 Å². The van der Waals surface area contributed by atoms with Gasteiger partial charge in [-0.25, -0.2) is 0 Å². The van der Waals surface area contributed by atoms with E-state index >= 15 is 0 Å². The number of hydrogen-bond acceptors (Lipinski definition) is 2. The first kappa shape index (κ1) is 15.8. The summed E-state index contributed by atoms with van der Waals surface area (Å²) in [4.78, 5) is 0. The van der Waals surface area contributed by atoms with E-state index in [0.717, 1.165) is 11.1 Å². The number of rotatable bonds is 4. The second-order valence-corrected chi connectivity index (χ2v) is 7.44. The minimum atomic E-state index is -0.927. The van der Waals surface area contributed by atoms with Gasteiger partial charge in [-0.05, 0) is 11.1 Å². The smallest absolute Gasteiger partial charge is 0.139 e. The maximum atomic E-state index is 9.62. The van der Waals surface area contributed by atoms with Crippen molar-refractivity contribution in [3.63, 3.8) is 0 Å². The monoisotopic (exact) mass is 402 g/mol. The van der Waals surface area contributed by atoms with Crippen molar-refractivity contribution in [2.75, 3.05) is 0 Å². The van der Waals surface area contributed by atoms with Crippen molar-refractivity contribution in [1.82, 2.24) is 0 Å². The van der Waals surface area contributed by atoms with Crippen molar-refractivity contribution in [2.24, 2.45) is 0 Å². The van der Waals surface area contributed by atoms with E-state index < -0.39 is 8.65 Å². The van der Waals surface area contributed by atoms with Crippen LogP contribution in [0.25, 0.3) is 0 Å². The molecular formula is C17H12Br2N2. The van der Waals surface area contributed by atoms with Crippen LogP contribution in [-0.4, -0.2) is 0 Å². The fraction of sp³-hybridized carbons (Fsp3) is 0.176. The van der Waals surface area contributed by atoms with E-state index in [1.807, 2.05) is 60.7 Å². The van der Waals surface area contributed by atoms with E-state index in [0.29, 0.717) is 6.42 Å². The third-order valence-corrected chi connectivity index (χ3v) is 5.14. The van der Waals surface area contributed by atoms with Gasteiger partial charge in [-0.1, -0.05) is 92.5 Å². The largest absolute Gasteiger partial charge is 0.196 e. The van der Waals surface area contributed by atoms with Gasteiger partial charge in [0.15, 0.2) is 0 Å². The van der Waals surface area contributed by atoms with Gasteiger partial charge in [0.25, 0.3) is 0 Å². The lowest BCUT2D eigenvalue weighted by atomic mass is 9.86. The summed E-state index contributed by atoms with van der Waals surface area (Å²) in [6, 6.07) is 23.4. The maximum absolute atomic E-state index is 9.62. The van der Waals surface area contributed by atoms with Crippen molar-refractivity contribution in [1.29, 1.82) is 10.5 Å². The Kier molecular flexibility index (Phi) is 4.83. The number of nitriles is 2. The van der Waals surface area contributed by atoms with Gasteiger partial charge in [0.1, 0.15) is 8.65 Å². The molecule has 0 amide bonds. The highest BCUT2D eigenvalue weighted by Gasteiger charge is 2.41. The Morgan fingerprint density at radius 3 is 1.33 bits per heavy atom. The van der Waals surface area contributed by atoms with Gasteiger partial charge in [0.05, 0.1) is 12.1 Å². The summed E-state index contributed by atoms with van der Waals surface area (Å²) < 4.78 is -1.85. The molecule has 0 saturated carbocycles. The van der Waals surface area contributed by atoms with E-state index in [4.69, 9.17) is 0 Å². The molecule has 2 unspecified atom stereocenters. The predicted octanol–water partition coefficient (Wildman–Crippen LogP) is 5.00. The average Bonchev–Trinajstić information content (AvgIpc) is 2.56. The summed E-state index contributed by atoms with van der Waals surface area (Å²) in [5.41, 5.74) is 1.67. The second-order valence-electron chi connectivity index (χ2n) is 4.73. The Morgan fingerprint density at radius 1 is 0.714 bits per heavy atom. The summed E-state index contributed by atoms with van der Waals surface area (Å²) in [5.74, 6) is 0. The van der Waals surface area contributed by atoms with Gasteiger partial charge in [-0.15, -0.1) is 0 Å². The minimum Gasteiger partial charge on any atom is -0.196 e. The molecular weight excluding hydrogens is 392 g/mol. The second kappa shape index (κ2) is 6.43.